The van der Waals surface area contributed by atoms with E-state index in [0.29, 0.717) is 40.9 Å². The molecule has 7 nitrogen and oxygen atoms in total. The summed E-state index contributed by atoms with van der Waals surface area (Å²) in [5, 5.41) is 9.95. The molecule has 1 amide bonds. The Kier molecular flexibility index (Phi) is 6.91. The van der Waals surface area contributed by atoms with Gasteiger partial charge in [0.25, 0.3) is 0 Å². The highest BCUT2D eigenvalue weighted by atomic mass is 16.5. The smallest absolute Gasteiger partial charge is 0.340 e. The molecular weight excluding hydrogens is 428 g/mol. The molecule has 2 atom stereocenters. The SMILES string of the molecule is C=C1CCC(C(C)C)C(OC(=O)c2ccccc2N/N=C2\C(=O)N(c3ccccc3)N=C2C)C1. The zero-order valence-corrected chi connectivity index (χ0v) is 19.8. The molecule has 2 aromatic carbocycles. The Morgan fingerprint density at radius 3 is 2.62 bits per heavy atom. The average molecular weight is 459 g/mol. The number of nitrogens with one attached hydrogen (secondary N) is 1. The molecule has 2 aliphatic rings. The monoisotopic (exact) mass is 458 g/mol. The highest BCUT2D eigenvalue weighted by Gasteiger charge is 2.33. The highest BCUT2D eigenvalue weighted by Crippen LogP contribution is 2.35. The van der Waals surface area contributed by atoms with Gasteiger partial charge in [0.15, 0.2) is 5.71 Å². The predicted molar refractivity (Wildman–Crippen MR) is 135 cm³/mol. The van der Waals surface area contributed by atoms with E-state index in [-0.39, 0.29) is 17.7 Å². The Balaban J connectivity index is 1.51. The lowest BCUT2D eigenvalue weighted by atomic mass is 9.77. The Labute approximate surface area is 200 Å². The van der Waals surface area contributed by atoms with Gasteiger partial charge in [0, 0.05) is 6.42 Å². The van der Waals surface area contributed by atoms with E-state index in [2.05, 4.69) is 36.1 Å². The molecule has 4 rings (SSSR count). The van der Waals surface area contributed by atoms with Crippen LogP contribution in [0.3, 0.4) is 0 Å². The molecule has 1 heterocycles. The quantitative estimate of drug-likeness (QED) is 0.356. The van der Waals surface area contributed by atoms with Crippen LogP contribution in [0.1, 0.15) is 50.4 Å². The zero-order valence-electron chi connectivity index (χ0n) is 19.8. The molecule has 0 aromatic heterocycles. The fourth-order valence-electron chi connectivity index (χ4n) is 4.43. The average Bonchev–Trinajstić information content (AvgIpc) is 3.11. The number of hydrogen-bond donors (Lipinski definition) is 1. The Morgan fingerprint density at radius 1 is 1.18 bits per heavy atom. The molecule has 1 saturated carbocycles. The van der Waals surface area contributed by atoms with Crippen molar-refractivity contribution in [3.63, 3.8) is 0 Å². The van der Waals surface area contributed by atoms with Gasteiger partial charge in [-0.25, -0.2) is 4.79 Å². The third kappa shape index (κ3) is 4.93. The number of carbonyl (C=O) groups excluding carboxylic acids is 2. The van der Waals surface area contributed by atoms with Crippen molar-refractivity contribution in [3.05, 3.63) is 72.3 Å². The summed E-state index contributed by atoms with van der Waals surface area (Å²) in [6.45, 7) is 10.1. The molecule has 0 spiro atoms. The fraction of sp³-hybridized carbons (Fsp3) is 0.333. The van der Waals surface area contributed by atoms with Crippen LogP contribution in [0.15, 0.2) is 77.0 Å². The molecule has 1 aliphatic carbocycles. The van der Waals surface area contributed by atoms with Crippen molar-refractivity contribution in [2.45, 2.75) is 46.1 Å². The first-order valence-corrected chi connectivity index (χ1v) is 11.6. The lowest BCUT2D eigenvalue weighted by Crippen LogP contribution is -2.34. The van der Waals surface area contributed by atoms with Crippen LogP contribution in [0.2, 0.25) is 0 Å². The van der Waals surface area contributed by atoms with Crippen molar-refractivity contribution in [2.24, 2.45) is 22.0 Å². The van der Waals surface area contributed by atoms with E-state index in [0.717, 1.165) is 18.4 Å². The van der Waals surface area contributed by atoms with Gasteiger partial charge in [-0.05, 0) is 55.9 Å². The van der Waals surface area contributed by atoms with E-state index in [1.54, 1.807) is 43.3 Å². The van der Waals surface area contributed by atoms with E-state index in [9.17, 15) is 9.59 Å². The minimum atomic E-state index is -0.414. The molecule has 1 aliphatic heterocycles. The van der Waals surface area contributed by atoms with Crippen LogP contribution in [0.5, 0.6) is 0 Å². The standard InChI is InChI=1S/C27H30N4O3/c1-17(2)21-15-14-18(3)16-24(21)34-27(33)22-12-8-9-13-23(22)28-29-25-19(4)30-31(26(25)32)20-10-6-5-7-11-20/h5-13,17,21,24,28H,3,14-16H2,1-2,4H3/b29-25-. The maximum Gasteiger partial charge on any atom is 0.340 e. The van der Waals surface area contributed by atoms with Gasteiger partial charge in [-0.3, -0.25) is 10.2 Å². The first-order valence-electron chi connectivity index (χ1n) is 11.6. The molecule has 0 bridgehead atoms. The van der Waals surface area contributed by atoms with Crippen LogP contribution >= 0.6 is 0 Å². The number of para-hydroxylation sites is 2. The summed E-state index contributed by atoms with van der Waals surface area (Å²) in [6, 6.07) is 16.2. The number of hydrazone groups is 2. The van der Waals surface area contributed by atoms with Gasteiger partial charge in [0.1, 0.15) is 6.10 Å². The fourth-order valence-corrected chi connectivity index (χ4v) is 4.43. The first-order chi connectivity index (χ1) is 16.3. The molecular formula is C27H30N4O3. The van der Waals surface area contributed by atoms with Crippen LogP contribution in [0.25, 0.3) is 0 Å². The molecule has 34 heavy (non-hydrogen) atoms. The Hall–Kier alpha value is -3.74. The second kappa shape index (κ2) is 10.0. The normalized spacial score (nSPS) is 21.7. The van der Waals surface area contributed by atoms with Crippen molar-refractivity contribution in [1.82, 2.24) is 0 Å². The first kappa shape index (κ1) is 23.4. The number of benzene rings is 2. The maximum atomic E-state index is 13.1. The van der Waals surface area contributed by atoms with Crippen LogP contribution in [-0.2, 0) is 9.53 Å². The number of esters is 1. The third-order valence-corrected chi connectivity index (χ3v) is 6.34. The largest absolute Gasteiger partial charge is 0.458 e. The lowest BCUT2D eigenvalue weighted by molar-refractivity contribution is -0.112. The summed E-state index contributed by atoms with van der Waals surface area (Å²) in [5.41, 5.74) is 6.18. The van der Waals surface area contributed by atoms with Crippen LogP contribution in [0, 0.1) is 11.8 Å². The summed E-state index contributed by atoms with van der Waals surface area (Å²) in [6.07, 6.45) is 2.44. The van der Waals surface area contributed by atoms with Crippen molar-refractivity contribution in [3.8, 4) is 0 Å². The van der Waals surface area contributed by atoms with Gasteiger partial charge in [-0.2, -0.15) is 15.2 Å². The second-order valence-electron chi connectivity index (χ2n) is 9.10. The van der Waals surface area contributed by atoms with Gasteiger partial charge in [0.2, 0.25) is 0 Å². The predicted octanol–water partition coefficient (Wildman–Crippen LogP) is 5.41. The lowest BCUT2D eigenvalue weighted by Gasteiger charge is -2.34. The van der Waals surface area contributed by atoms with Crippen LogP contribution < -0.4 is 10.4 Å². The molecule has 1 N–H and O–H groups in total. The van der Waals surface area contributed by atoms with E-state index >= 15 is 0 Å². The molecule has 0 saturated heterocycles. The van der Waals surface area contributed by atoms with Gasteiger partial charge >= 0.3 is 11.9 Å². The van der Waals surface area contributed by atoms with E-state index in [1.807, 2.05) is 18.2 Å². The minimum absolute atomic E-state index is 0.190. The Bertz CT molecular complexity index is 1150. The number of hydrogen-bond acceptors (Lipinski definition) is 6. The van der Waals surface area contributed by atoms with E-state index in [1.165, 1.54) is 5.01 Å². The third-order valence-electron chi connectivity index (χ3n) is 6.34. The summed E-state index contributed by atoms with van der Waals surface area (Å²) >= 11 is 0. The molecule has 7 heteroatoms. The second-order valence-corrected chi connectivity index (χ2v) is 9.10. The number of amides is 1. The van der Waals surface area contributed by atoms with Crippen molar-refractivity contribution < 1.29 is 14.3 Å². The zero-order chi connectivity index (χ0) is 24.2. The van der Waals surface area contributed by atoms with Crippen molar-refractivity contribution in [2.75, 3.05) is 10.4 Å². The number of rotatable bonds is 6. The molecule has 2 aromatic rings. The molecule has 0 radical (unpaired) electrons. The summed E-state index contributed by atoms with van der Waals surface area (Å²) in [4.78, 5) is 26.0. The summed E-state index contributed by atoms with van der Waals surface area (Å²) in [5.74, 6) is -0.0397. The molecule has 176 valence electrons. The summed E-state index contributed by atoms with van der Waals surface area (Å²) in [7, 11) is 0. The number of carbonyl (C=O) groups is 2. The number of ether oxygens (including phenoxy) is 1. The number of nitrogens with zero attached hydrogens (tertiary/aromatic N) is 3. The van der Waals surface area contributed by atoms with E-state index < -0.39 is 5.97 Å². The van der Waals surface area contributed by atoms with Gasteiger partial charge in [-0.1, -0.05) is 56.3 Å². The minimum Gasteiger partial charge on any atom is -0.458 e. The number of anilines is 2. The van der Waals surface area contributed by atoms with Crippen LogP contribution in [-0.4, -0.2) is 29.4 Å². The van der Waals surface area contributed by atoms with Gasteiger partial charge in [0.05, 0.1) is 22.6 Å². The topological polar surface area (TPSA) is 83.4 Å². The highest BCUT2D eigenvalue weighted by molar-refractivity contribution is 6.71. The van der Waals surface area contributed by atoms with Crippen molar-refractivity contribution in [1.29, 1.82) is 0 Å². The molecule has 2 unspecified atom stereocenters. The van der Waals surface area contributed by atoms with Gasteiger partial charge < -0.3 is 4.74 Å². The Morgan fingerprint density at radius 2 is 1.88 bits per heavy atom. The van der Waals surface area contributed by atoms with Gasteiger partial charge in [-0.15, -0.1) is 0 Å². The summed E-state index contributed by atoms with van der Waals surface area (Å²) < 4.78 is 5.96. The van der Waals surface area contributed by atoms with Crippen molar-refractivity contribution >= 4 is 34.7 Å². The van der Waals surface area contributed by atoms with E-state index in [4.69, 9.17) is 4.74 Å². The van der Waals surface area contributed by atoms with Crippen LogP contribution in [0.4, 0.5) is 11.4 Å². The molecule has 1 fully saturated rings. The maximum absolute atomic E-state index is 13.1.